The van der Waals surface area contributed by atoms with Gasteiger partial charge in [-0.1, -0.05) is 0 Å². The number of nitrogens with two attached hydrogens (primary N) is 1. The molecule has 0 aromatic carbocycles. The Hall–Kier alpha value is -1.89. The molecule has 0 atom stereocenters. The van der Waals surface area contributed by atoms with E-state index in [1.807, 2.05) is 0 Å². The van der Waals surface area contributed by atoms with Gasteiger partial charge in [0.05, 0.1) is 6.20 Å². The molecule has 0 amide bonds. The number of fused-ring (bicyclic) bond motifs is 1. The van der Waals surface area contributed by atoms with Crippen molar-refractivity contribution >= 4 is 11.6 Å². The van der Waals surface area contributed by atoms with Crippen LogP contribution in [0.15, 0.2) is 12.5 Å². The Kier molecular flexibility index (Phi) is 2.64. The second-order valence-corrected chi connectivity index (χ2v) is 2.86. The maximum absolute atomic E-state index is 5.39. The summed E-state index contributed by atoms with van der Waals surface area (Å²) in [5.74, 6) is 1.24. The van der Waals surface area contributed by atoms with Crippen LogP contribution in [0.3, 0.4) is 0 Å². The van der Waals surface area contributed by atoms with Gasteiger partial charge >= 0.3 is 0 Å². The van der Waals surface area contributed by atoms with Gasteiger partial charge in [0.1, 0.15) is 12.9 Å². The quantitative estimate of drug-likeness (QED) is 0.704. The number of anilines is 1. The summed E-state index contributed by atoms with van der Waals surface area (Å²) in [7, 11) is 1.78. The lowest BCUT2D eigenvalue weighted by Crippen LogP contribution is -2.12. The summed E-state index contributed by atoms with van der Waals surface area (Å²) in [6.45, 7) is 0.886. The van der Waals surface area contributed by atoms with Gasteiger partial charge in [0.15, 0.2) is 5.75 Å². The largest absolute Gasteiger partial charge is 0.487 e. The molecule has 15 heavy (non-hydrogen) atoms. The van der Waals surface area contributed by atoms with Crippen LogP contribution in [0.25, 0.3) is 5.65 Å². The molecule has 7 heteroatoms. The van der Waals surface area contributed by atoms with Crippen LogP contribution in [0, 0.1) is 0 Å². The first kappa shape index (κ1) is 9.66. The number of aromatic nitrogens is 4. The van der Waals surface area contributed by atoms with E-state index in [-0.39, 0.29) is 0 Å². The third-order valence-corrected chi connectivity index (χ3v) is 1.90. The Morgan fingerprint density at radius 2 is 2.47 bits per heavy atom. The van der Waals surface area contributed by atoms with Gasteiger partial charge in [-0.3, -0.25) is 0 Å². The molecule has 0 aliphatic heterocycles. The maximum atomic E-state index is 5.39. The Balaban J connectivity index is 2.44. The zero-order valence-electron chi connectivity index (χ0n) is 8.34. The van der Waals surface area contributed by atoms with Gasteiger partial charge in [-0.25, -0.2) is 9.38 Å². The summed E-state index contributed by atoms with van der Waals surface area (Å²) in [5.41, 5.74) is 5.98. The van der Waals surface area contributed by atoms with Gasteiger partial charge in [-0.15, -0.1) is 10.2 Å². The van der Waals surface area contributed by atoms with Crippen LogP contribution in [0.2, 0.25) is 0 Å². The predicted octanol–water partition coefficient (Wildman–Crippen LogP) is -0.496. The Morgan fingerprint density at radius 1 is 1.60 bits per heavy atom. The van der Waals surface area contributed by atoms with Crippen molar-refractivity contribution in [3.63, 3.8) is 0 Å². The molecule has 0 saturated carbocycles. The molecule has 7 nitrogen and oxygen atoms in total. The van der Waals surface area contributed by atoms with Crippen LogP contribution in [-0.4, -0.2) is 39.8 Å². The summed E-state index contributed by atoms with van der Waals surface area (Å²) in [4.78, 5) is 4.16. The molecule has 2 aromatic rings. The number of hydrogen-bond acceptors (Lipinski definition) is 6. The molecule has 0 bridgehead atoms. The molecule has 0 unspecified atom stereocenters. The summed E-state index contributed by atoms with van der Waals surface area (Å²) in [6.07, 6.45) is 3.18. The molecule has 2 rings (SSSR count). The minimum absolute atomic E-state index is 0.434. The molecule has 3 N–H and O–H groups in total. The number of hydrogen-bond donors (Lipinski definition) is 2. The minimum atomic E-state index is 0.434. The Bertz CT molecular complexity index is 453. The third kappa shape index (κ3) is 1.68. The first-order chi connectivity index (χ1) is 7.36. The molecule has 80 valence electrons. The Morgan fingerprint density at radius 3 is 3.20 bits per heavy atom. The van der Waals surface area contributed by atoms with E-state index in [0.29, 0.717) is 30.5 Å². The fourth-order valence-electron chi connectivity index (χ4n) is 1.25. The molecule has 0 radical (unpaired) electrons. The maximum Gasteiger partial charge on any atom is 0.209 e. The monoisotopic (exact) mass is 208 g/mol. The van der Waals surface area contributed by atoms with Gasteiger partial charge in [0, 0.05) is 13.6 Å². The molecule has 0 spiro atoms. The van der Waals surface area contributed by atoms with Crippen LogP contribution in [-0.2, 0) is 0 Å². The van der Waals surface area contributed by atoms with Gasteiger partial charge in [-0.05, 0) is 0 Å². The van der Waals surface area contributed by atoms with Crippen molar-refractivity contribution in [2.75, 3.05) is 25.5 Å². The highest BCUT2D eigenvalue weighted by Gasteiger charge is 2.08. The van der Waals surface area contributed by atoms with Crippen LogP contribution in [0.1, 0.15) is 0 Å². The number of nitrogens with zero attached hydrogens (tertiary/aromatic N) is 4. The van der Waals surface area contributed by atoms with E-state index >= 15 is 0 Å². The zero-order chi connectivity index (χ0) is 10.7. The average Bonchev–Trinajstić information content (AvgIpc) is 2.74. The van der Waals surface area contributed by atoms with Crippen molar-refractivity contribution in [3.05, 3.63) is 12.5 Å². The number of rotatable bonds is 4. The first-order valence-electron chi connectivity index (χ1n) is 4.56. The summed E-state index contributed by atoms with van der Waals surface area (Å²) >= 11 is 0. The van der Waals surface area contributed by atoms with Crippen molar-refractivity contribution in [1.29, 1.82) is 0 Å². The summed E-state index contributed by atoms with van der Waals surface area (Å²) in [6, 6.07) is 0. The molecule has 0 fully saturated rings. The lowest BCUT2D eigenvalue weighted by Gasteiger charge is -2.07. The molecule has 0 aliphatic carbocycles. The van der Waals surface area contributed by atoms with Gasteiger partial charge in [0.2, 0.25) is 11.6 Å². The highest BCUT2D eigenvalue weighted by molar-refractivity contribution is 5.55. The SMILES string of the molecule is CNc1ncc(OCCN)c2nncn12. The van der Waals surface area contributed by atoms with Gasteiger partial charge in [-0.2, -0.15) is 0 Å². The number of nitrogens with one attached hydrogen (secondary N) is 1. The van der Waals surface area contributed by atoms with E-state index < -0.39 is 0 Å². The minimum Gasteiger partial charge on any atom is -0.487 e. The second-order valence-electron chi connectivity index (χ2n) is 2.86. The number of ether oxygens (including phenoxy) is 1. The van der Waals surface area contributed by atoms with Crippen molar-refractivity contribution in [2.24, 2.45) is 5.73 Å². The summed E-state index contributed by atoms with van der Waals surface area (Å²) < 4.78 is 7.10. The van der Waals surface area contributed by atoms with Crippen molar-refractivity contribution < 1.29 is 4.74 Å². The van der Waals surface area contributed by atoms with E-state index in [1.165, 1.54) is 0 Å². The topological polar surface area (TPSA) is 90.4 Å². The molecule has 2 heterocycles. The fourth-order valence-corrected chi connectivity index (χ4v) is 1.25. The lowest BCUT2D eigenvalue weighted by molar-refractivity contribution is 0.329. The van der Waals surface area contributed by atoms with Crippen molar-refractivity contribution in [1.82, 2.24) is 19.6 Å². The van der Waals surface area contributed by atoms with E-state index in [4.69, 9.17) is 10.5 Å². The van der Waals surface area contributed by atoms with E-state index in [9.17, 15) is 0 Å². The van der Waals surface area contributed by atoms with Gasteiger partial charge < -0.3 is 15.8 Å². The van der Waals surface area contributed by atoms with Crippen molar-refractivity contribution in [2.45, 2.75) is 0 Å². The highest BCUT2D eigenvalue weighted by atomic mass is 16.5. The van der Waals surface area contributed by atoms with E-state index in [2.05, 4.69) is 20.5 Å². The Labute approximate surface area is 86.3 Å². The first-order valence-corrected chi connectivity index (χ1v) is 4.56. The molecular formula is C8H12N6O. The lowest BCUT2D eigenvalue weighted by atomic mass is 10.5. The van der Waals surface area contributed by atoms with Crippen LogP contribution in [0.5, 0.6) is 5.75 Å². The zero-order valence-corrected chi connectivity index (χ0v) is 8.34. The van der Waals surface area contributed by atoms with E-state index in [0.717, 1.165) is 0 Å². The molecule has 2 aromatic heterocycles. The normalized spacial score (nSPS) is 10.5. The van der Waals surface area contributed by atoms with E-state index in [1.54, 1.807) is 24.0 Å². The predicted molar refractivity (Wildman–Crippen MR) is 54.9 cm³/mol. The fraction of sp³-hybridized carbons (Fsp3) is 0.375. The summed E-state index contributed by atoms with van der Waals surface area (Å²) in [5, 5.41) is 10.7. The third-order valence-electron chi connectivity index (χ3n) is 1.90. The standard InChI is InChI=1S/C8H12N6O/c1-10-8-11-4-6(15-3-2-9)7-13-12-5-14(7)8/h4-5H,2-3,9H2,1H3,(H,10,11). The smallest absolute Gasteiger partial charge is 0.209 e. The average molecular weight is 208 g/mol. The molecule has 0 aliphatic rings. The second kappa shape index (κ2) is 4.09. The van der Waals surface area contributed by atoms with Crippen LogP contribution >= 0.6 is 0 Å². The van der Waals surface area contributed by atoms with Crippen LogP contribution < -0.4 is 15.8 Å². The molecular weight excluding hydrogens is 196 g/mol. The highest BCUT2D eigenvalue weighted by Crippen LogP contribution is 2.18. The molecule has 0 saturated heterocycles. The van der Waals surface area contributed by atoms with Crippen molar-refractivity contribution in [3.8, 4) is 5.75 Å². The van der Waals surface area contributed by atoms with Crippen LogP contribution in [0.4, 0.5) is 5.95 Å². The van der Waals surface area contributed by atoms with Gasteiger partial charge in [0.25, 0.3) is 0 Å².